The van der Waals surface area contributed by atoms with E-state index in [1.54, 1.807) is 35.3 Å². The van der Waals surface area contributed by atoms with Crippen molar-refractivity contribution in [3.05, 3.63) is 36.9 Å². The predicted molar refractivity (Wildman–Crippen MR) is 78.7 cm³/mol. The van der Waals surface area contributed by atoms with Gasteiger partial charge in [0.2, 0.25) is 10.0 Å². The lowest BCUT2D eigenvalue weighted by molar-refractivity contribution is 0.598. The largest absolute Gasteiger partial charge is 0.284 e. The molecule has 8 heteroatoms. The number of benzene rings is 1. The SMILES string of the molecule is O=S(=O)(CCCCCl)Nc1ccc(-n2cncn2)cc1. The molecule has 0 spiro atoms. The molecule has 1 N–H and O–H groups in total. The van der Waals surface area contributed by atoms with E-state index in [-0.39, 0.29) is 5.75 Å². The van der Waals surface area contributed by atoms with Crippen molar-refractivity contribution in [1.29, 1.82) is 0 Å². The molecule has 0 fully saturated rings. The van der Waals surface area contributed by atoms with E-state index < -0.39 is 10.0 Å². The maximum absolute atomic E-state index is 11.8. The Balaban J connectivity index is 2.00. The van der Waals surface area contributed by atoms with Gasteiger partial charge in [0.1, 0.15) is 12.7 Å². The number of hydrogen-bond acceptors (Lipinski definition) is 4. The van der Waals surface area contributed by atoms with Crippen LogP contribution in [0.3, 0.4) is 0 Å². The molecule has 1 aromatic carbocycles. The van der Waals surface area contributed by atoms with E-state index >= 15 is 0 Å². The first-order chi connectivity index (χ1) is 9.61. The highest BCUT2D eigenvalue weighted by Crippen LogP contribution is 2.14. The summed E-state index contributed by atoms with van der Waals surface area (Å²) in [5.41, 5.74) is 1.34. The summed E-state index contributed by atoms with van der Waals surface area (Å²) in [6, 6.07) is 6.92. The molecule has 1 aromatic heterocycles. The van der Waals surface area contributed by atoms with Crippen molar-refractivity contribution in [3.63, 3.8) is 0 Å². The topological polar surface area (TPSA) is 76.9 Å². The van der Waals surface area contributed by atoms with E-state index in [9.17, 15) is 8.42 Å². The fourth-order valence-corrected chi connectivity index (χ4v) is 3.01. The molecule has 0 radical (unpaired) electrons. The van der Waals surface area contributed by atoms with Crippen molar-refractivity contribution in [3.8, 4) is 5.69 Å². The van der Waals surface area contributed by atoms with Gasteiger partial charge < -0.3 is 0 Å². The van der Waals surface area contributed by atoms with Crippen molar-refractivity contribution in [2.24, 2.45) is 0 Å². The standard InChI is InChI=1S/C12H15ClN4O2S/c13-7-1-2-8-20(18,19)16-11-3-5-12(6-4-11)17-10-14-9-15-17/h3-6,9-10,16H,1-2,7-8H2. The van der Waals surface area contributed by atoms with E-state index in [0.717, 1.165) is 5.69 Å². The average molecular weight is 315 g/mol. The Morgan fingerprint density at radius 1 is 1.20 bits per heavy atom. The number of unbranched alkanes of at least 4 members (excludes halogenated alkanes) is 1. The molecule has 0 aliphatic heterocycles. The van der Waals surface area contributed by atoms with Crippen LogP contribution >= 0.6 is 11.6 Å². The van der Waals surface area contributed by atoms with Crippen LogP contribution in [0.1, 0.15) is 12.8 Å². The zero-order valence-electron chi connectivity index (χ0n) is 10.7. The van der Waals surface area contributed by atoms with E-state index in [2.05, 4.69) is 14.8 Å². The van der Waals surface area contributed by atoms with E-state index in [4.69, 9.17) is 11.6 Å². The number of anilines is 1. The minimum absolute atomic E-state index is 0.0740. The quantitative estimate of drug-likeness (QED) is 0.626. The van der Waals surface area contributed by atoms with Gasteiger partial charge in [0.15, 0.2) is 0 Å². The second-order valence-corrected chi connectivity index (χ2v) is 6.42. The maximum atomic E-state index is 11.8. The van der Waals surface area contributed by atoms with Gasteiger partial charge in [-0.25, -0.2) is 18.1 Å². The third kappa shape index (κ3) is 4.21. The average Bonchev–Trinajstić information content (AvgIpc) is 2.93. The molecule has 0 aliphatic carbocycles. The van der Waals surface area contributed by atoms with Crippen LogP contribution in [-0.2, 0) is 10.0 Å². The number of alkyl halides is 1. The molecule has 0 atom stereocenters. The zero-order valence-corrected chi connectivity index (χ0v) is 12.3. The highest BCUT2D eigenvalue weighted by atomic mass is 35.5. The van der Waals surface area contributed by atoms with Gasteiger partial charge in [-0.15, -0.1) is 11.6 Å². The van der Waals surface area contributed by atoms with E-state index in [0.29, 0.717) is 24.4 Å². The molecular formula is C12H15ClN4O2S. The van der Waals surface area contributed by atoms with Gasteiger partial charge >= 0.3 is 0 Å². The van der Waals surface area contributed by atoms with Gasteiger partial charge in [-0.3, -0.25) is 4.72 Å². The van der Waals surface area contributed by atoms with Crippen molar-refractivity contribution in [2.75, 3.05) is 16.4 Å². The van der Waals surface area contributed by atoms with Crippen LogP contribution in [0.15, 0.2) is 36.9 Å². The molecule has 0 aliphatic rings. The Labute approximate surface area is 122 Å². The molecular weight excluding hydrogens is 300 g/mol. The zero-order chi connectivity index (χ0) is 14.4. The molecule has 0 saturated carbocycles. The summed E-state index contributed by atoms with van der Waals surface area (Å²) < 4.78 is 27.7. The fraction of sp³-hybridized carbons (Fsp3) is 0.333. The molecule has 0 bridgehead atoms. The number of aromatic nitrogens is 3. The van der Waals surface area contributed by atoms with Gasteiger partial charge in [-0.2, -0.15) is 5.10 Å². The van der Waals surface area contributed by atoms with Crippen LogP contribution < -0.4 is 4.72 Å². The van der Waals surface area contributed by atoms with Crippen LogP contribution in [0, 0.1) is 0 Å². The molecule has 0 amide bonds. The molecule has 108 valence electrons. The minimum atomic E-state index is -3.32. The first kappa shape index (κ1) is 14.8. The Kier molecular flexibility index (Phi) is 4.97. The van der Waals surface area contributed by atoms with Crippen molar-refractivity contribution < 1.29 is 8.42 Å². The van der Waals surface area contributed by atoms with E-state index in [1.165, 1.54) is 6.33 Å². The van der Waals surface area contributed by atoms with Crippen molar-refractivity contribution >= 4 is 27.3 Å². The third-order valence-electron chi connectivity index (χ3n) is 2.62. The fourth-order valence-electron chi connectivity index (χ4n) is 1.64. The van der Waals surface area contributed by atoms with Gasteiger partial charge in [-0.1, -0.05) is 0 Å². The van der Waals surface area contributed by atoms with Crippen LogP contribution in [0.2, 0.25) is 0 Å². The first-order valence-corrected chi connectivity index (χ1v) is 8.31. The lowest BCUT2D eigenvalue weighted by Gasteiger charge is -2.08. The third-order valence-corrected chi connectivity index (χ3v) is 4.26. The highest BCUT2D eigenvalue weighted by Gasteiger charge is 2.09. The molecule has 1 heterocycles. The summed E-state index contributed by atoms with van der Waals surface area (Å²) in [7, 11) is -3.32. The molecule has 2 rings (SSSR count). The van der Waals surface area contributed by atoms with Crippen LogP contribution in [0.4, 0.5) is 5.69 Å². The summed E-state index contributed by atoms with van der Waals surface area (Å²) in [5, 5.41) is 4.00. The van der Waals surface area contributed by atoms with Gasteiger partial charge in [0, 0.05) is 11.6 Å². The number of rotatable bonds is 7. The van der Waals surface area contributed by atoms with Crippen LogP contribution in [0.25, 0.3) is 5.69 Å². The Hall–Kier alpha value is -1.60. The summed E-state index contributed by atoms with van der Waals surface area (Å²) in [5.74, 6) is 0.548. The Morgan fingerprint density at radius 3 is 2.55 bits per heavy atom. The number of sulfonamides is 1. The first-order valence-electron chi connectivity index (χ1n) is 6.12. The molecule has 6 nitrogen and oxygen atoms in total. The monoisotopic (exact) mass is 314 g/mol. The van der Waals surface area contributed by atoms with E-state index in [1.807, 2.05) is 0 Å². The number of hydrogen-bond donors (Lipinski definition) is 1. The lowest BCUT2D eigenvalue weighted by Crippen LogP contribution is -2.16. The Morgan fingerprint density at radius 2 is 1.95 bits per heavy atom. The lowest BCUT2D eigenvalue weighted by atomic mass is 10.3. The summed E-state index contributed by atoms with van der Waals surface area (Å²) in [4.78, 5) is 3.85. The molecule has 0 saturated heterocycles. The maximum Gasteiger partial charge on any atom is 0.232 e. The minimum Gasteiger partial charge on any atom is -0.284 e. The number of halogens is 1. The van der Waals surface area contributed by atoms with Gasteiger partial charge in [-0.05, 0) is 37.1 Å². The van der Waals surface area contributed by atoms with Gasteiger partial charge in [0.25, 0.3) is 0 Å². The van der Waals surface area contributed by atoms with Crippen LogP contribution in [-0.4, -0.2) is 34.8 Å². The van der Waals surface area contributed by atoms with Crippen molar-refractivity contribution in [2.45, 2.75) is 12.8 Å². The summed E-state index contributed by atoms with van der Waals surface area (Å²) in [6.07, 6.45) is 4.25. The van der Waals surface area contributed by atoms with Crippen molar-refractivity contribution in [1.82, 2.24) is 14.8 Å². The molecule has 0 unspecified atom stereocenters. The normalized spacial score (nSPS) is 11.4. The summed E-state index contributed by atoms with van der Waals surface area (Å²) >= 11 is 5.53. The second kappa shape index (κ2) is 6.71. The Bertz CT molecular complexity index is 626. The number of nitrogens with zero attached hydrogens (tertiary/aromatic N) is 3. The smallest absolute Gasteiger partial charge is 0.232 e. The van der Waals surface area contributed by atoms with Crippen LogP contribution in [0.5, 0.6) is 0 Å². The molecule has 20 heavy (non-hydrogen) atoms. The van der Waals surface area contributed by atoms with Gasteiger partial charge in [0.05, 0.1) is 11.4 Å². The predicted octanol–water partition coefficient (Wildman–Crippen LogP) is 2.03. The summed E-state index contributed by atoms with van der Waals surface area (Å²) in [6.45, 7) is 0. The second-order valence-electron chi connectivity index (χ2n) is 4.20. The highest BCUT2D eigenvalue weighted by molar-refractivity contribution is 7.92. The molecule has 2 aromatic rings. The number of nitrogens with one attached hydrogen (secondary N) is 1.